The fraction of sp³-hybridized carbons (Fsp3) is 0.381. The number of aromatic nitrogens is 1. The van der Waals surface area contributed by atoms with Gasteiger partial charge in [-0.3, -0.25) is 0 Å². The number of rotatable bonds is 7. The largest absolute Gasteiger partial charge is 0.458 e. The third-order valence-corrected chi connectivity index (χ3v) is 4.42. The molecule has 26 heavy (non-hydrogen) atoms. The Labute approximate surface area is 154 Å². The number of carbonyl (C=O) groups is 2. The van der Waals surface area contributed by atoms with E-state index >= 15 is 0 Å². The highest BCUT2D eigenvalue weighted by atomic mass is 16.6. The molecular weight excluding hydrogens is 330 g/mol. The summed E-state index contributed by atoms with van der Waals surface area (Å²) in [7, 11) is 0. The Bertz CT molecular complexity index is 756. The van der Waals surface area contributed by atoms with Gasteiger partial charge in [-0.1, -0.05) is 32.9 Å². The minimum absolute atomic E-state index is 0.000598. The molecule has 0 N–H and O–H groups in total. The van der Waals surface area contributed by atoms with Gasteiger partial charge in [-0.05, 0) is 54.2 Å². The molecule has 2 aromatic rings. The van der Waals surface area contributed by atoms with Crippen molar-refractivity contribution in [1.29, 1.82) is 0 Å². The van der Waals surface area contributed by atoms with Gasteiger partial charge in [0.2, 0.25) is 0 Å². The Morgan fingerprint density at radius 3 is 2.27 bits per heavy atom. The minimum atomic E-state index is -0.537. The zero-order valence-corrected chi connectivity index (χ0v) is 15.7. The van der Waals surface area contributed by atoms with E-state index in [0.717, 1.165) is 5.56 Å². The zero-order chi connectivity index (χ0) is 19.1. The van der Waals surface area contributed by atoms with Crippen LogP contribution in [0.25, 0.3) is 0 Å². The monoisotopic (exact) mass is 355 g/mol. The number of hydrogen-bond acceptors (Lipinski definition) is 5. The van der Waals surface area contributed by atoms with E-state index < -0.39 is 11.9 Å². The predicted octanol–water partition coefficient (Wildman–Crippen LogP) is 4.16. The molecule has 1 heterocycles. The van der Waals surface area contributed by atoms with E-state index in [-0.39, 0.29) is 18.9 Å². The Kier molecular flexibility index (Phi) is 6.89. The van der Waals surface area contributed by atoms with E-state index in [1.165, 1.54) is 11.8 Å². The van der Waals surface area contributed by atoms with Crippen molar-refractivity contribution in [3.63, 3.8) is 0 Å². The van der Waals surface area contributed by atoms with Crippen molar-refractivity contribution in [2.45, 2.75) is 33.6 Å². The Hall–Kier alpha value is -2.69. The van der Waals surface area contributed by atoms with E-state index in [9.17, 15) is 9.59 Å². The average Bonchev–Trinajstić information content (AvgIpc) is 2.64. The maximum Gasteiger partial charge on any atom is 0.357 e. The fourth-order valence-corrected chi connectivity index (χ4v) is 2.58. The highest BCUT2D eigenvalue weighted by molar-refractivity contribution is 5.90. The quantitative estimate of drug-likeness (QED) is 0.551. The lowest BCUT2D eigenvalue weighted by atomic mass is 9.87. The van der Waals surface area contributed by atoms with E-state index in [0.29, 0.717) is 17.4 Å². The van der Waals surface area contributed by atoms with Crippen LogP contribution in [0, 0.1) is 12.8 Å². The zero-order valence-electron chi connectivity index (χ0n) is 15.7. The van der Waals surface area contributed by atoms with Gasteiger partial charge in [0.15, 0.2) is 0 Å². The van der Waals surface area contributed by atoms with Gasteiger partial charge < -0.3 is 9.47 Å². The number of ether oxygens (including phenoxy) is 2. The van der Waals surface area contributed by atoms with Gasteiger partial charge in [0.1, 0.15) is 18.9 Å². The Morgan fingerprint density at radius 2 is 1.69 bits per heavy atom. The molecule has 0 amide bonds. The molecule has 0 saturated heterocycles. The molecule has 0 radical (unpaired) electrons. The summed E-state index contributed by atoms with van der Waals surface area (Å²) >= 11 is 0. The van der Waals surface area contributed by atoms with E-state index in [1.807, 2.05) is 19.1 Å². The van der Waals surface area contributed by atoms with Gasteiger partial charge >= 0.3 is 11.9 Å². The molecule has 0 saturated carbocycles. The maximum atomic E-state index is 12.2. The van der Waals surface area contributed by atoms with Gasteiger partial charge in [0.25, 0.3) is 0 Å². The summed E-state index contributed by atoms with van der Waals surface area (Å²) in [6.45, 7) is 8.53. The molecule has 138 valence electrons. The third kappa shape index (κ3) is 5.15. The molecule has 0 fully saturated rings. The minimum Gasteiger partial charge on any atom is -0.458 e. The normalized spacial score (nSPS) is 11.9. The van der Waals surface area contributed by atoms with Gasteiger partial charge in [0, 0.05) is 6.20 Å². The molecule has 5 nitrogen and oxygen atoms in total. The van der Waals surface area contributed by atoms with Crippen molar-refractivity contribution in [2.24, 2.45) is 5.92 Å². The number of esters is 2. The van der Waals surface area contributed by atoms with Crippen LogP contribution >= 0.6 is 0 Å². The molecule has 5 heteroatoms. The lowest BCUT2D eigenvalue weighted by molar-refractivity contribution is 0.0262. The summed E-state index contributed by atoms with van der Waals surface area (Å²) in [6, 6.07) is 10.6. The number of pyridine rings is 1. The Balaban J connectivity index is 1.84. The number of aryl methyl sites for hydroxylation is 1. The lowest BCUT2D eigenvalue weighted by Gasteiger charge is -2.19. The summed E-state index contributed by atoms with van der Waals surface area (Å²) in [6.07, 6.45) is 1.52. The standard InChI is InChI=1S/C21H25NO4/c1-14(2)16(4)18-9-8-17(13-15(18)3)20(23)25-11-12-26-21(24)19-7-5-6-10-22-19/h5-10,13-14,16H,11-12H2,1-4H3. The van der Waals surface area contributed by atoms with Crippen molar-refractivity contribution in [3.05, 3.63) is 65.0 Å². The average molecular weight is 355 g/mol. The van der Waals surface area contributed by atoms with E-state index in [2.05, 4.69) is 25.8 Å². The first kappa shape index (κ1) is 19.6. The van der Waals surface area contributed by atoms with Crippen LogP contribution in [0.3, 0.4) is 0 Å². The van der Waals surface area contributed by atoms with Crippen molar-refractivity contribution < 1.29 is 19.1 Å². The molecule has 0 aliphatic heterocycles. The summed E-state index contributed by atoms with van der Waals surface area (Å²) < 4.78 is 10.2. The third-order valence-electron chi connectivity index (χ3n) is 4.42. The number of carbonyl (C=O) groups excluding carboxylic acids is 2. The van der Waals surface area contributed by atoms with Crippen molar-refractivity contribution in [2.75, 3.05) is 13.2 Å². The van der Waals surface area contributed by atoms with Crippen LogP contribution in [0.4, 0.5) is 0 Å². The summed E-state index contributed by atoms with van der Waals surface area (Å²) in [5, 5.41) is 0. The SMILES string of the molecule is Cc1cc(C(=O)OCCOC(=O)c2ccccn2)ccc1C(C)C(C)C. The van der Waals surface area contributed by atoms with Crippen LogP contribution in [-0.4, -0.2) is 30.1 Å². The van der Waals surface area contributed by atoms with Crippen LogP contribution in [0.2, 0.25) is 0 Å². The molecule has 0 spiro atoms. The van der Waals surface area contributed by atoms with Crippen LogP contribution < -0.4 is 0 Å². The molecule has 1 aromatic heterocycles. The first-order valence-corrected chi connectivity index (χ1v) is 8.76. The molecule has 2 rings (SSSR count). The van der Waals surface area contributed by atoms with Crippen LogP contribution in [-0.2, 0) is 9.47 Å². The van der Waals surface area contributed by atoms with Gasteiger partial charge in [-0.2, -0.15) is 0 Å². The molecule has 1 aromatic carbocycles. The second-order valence-electron chi connectivity index (χ2n) is 6.59. The number of nitrogens with zero attached hydrogens (tertiary/aromatic N) is 1. The number of benzene rings is 1. The van der Waals surface area contributed by atoms with Crippen LogP contribution in [0.5, 0.6) is 0 Å². The molecule has 0 aliphatic carbocycles. The van der Waals surface area contributed by atoms with Crippen molar-refractivity contribution in [1.82, 2.24) is 4.98 Å². The highest BCUT2D eigenvalue weighted by Gasteiger charge is 2.15. The van der Waals surface area contributed by atoms with Crippen molar-refractivity contribution >= 4 is 11.9 Å². The van der Waals surface area contributed by atoms with E-state index in [1.54, 1.807) is 24.3 Å². The summed E-state index contributed by atoms with van der Waals surface area (Å²) in [5.41, 5.74) is 3.03. The topological polar surface area (TPSA) is 65.5 Å². The number of hydrogen-bond donors (Lipinski definition) is 0. The molecule has 1 atom stereocenters. The lowest BCUT2D eigenvalue weighted by Crippen LogP contribution is -2.15. The summed E-state index contributed by atoms with van der Waals surface area (Å²) in [4.78, 5) is 27.8. The highest BCUT2D eigenvalue weighted by Crippen LogP contribution is 2.27. The second-order valence-corrected chi connectivity index (χ2v) is 6.59. The summed E-state index contributed by atoms with van der Waals surface area (Å²) in [5.74, 6) is -0.0124. The first-order valence-electron chi connectivity index (χ1n) is 8.76. The Morgan fingerprint density at radius 1 is 1.00 bits per heavy atom. The van der Waals surface area contributed by atoms with Gasteiger partial charge in [-0.15, -0.1) is 0 Å². The fourth-order valence-electron chi connectivity index (χ4n) is 2.58. The first-order chi connectivity index (χ1) is 12.4. The smallest absolute Gasteiger partial charge is 0.357 e. The molecule has 0 bridgehead atoms. The maximum absolute atomic E-state index is 12.2. The van der Waals surface area contributed by atoms with Gasteiger partial charge in [-0.25, -0.2) is 14.6 Å². The molecular formula is C21H25NO4. The van der Waals surface area contributed by atoms with E-state index in [4.69, 9.17) is 9.47 Å². The van der Waals surface area contributed by atoms with Crippen LogP contribution in [0.15, 0.2) is 42.6 Å². The second kappa shape index (κ2) is 9.13. The predicted molar refractivity (Wildman–Crippen MR) is 99.2 cm³/mol. The molecule has 0 aliphatic rings. The van der Waals surface area contributed by atoms with Crippen molar-refractivity contribution in [3.8, 4) is 0 Å². The van der Waals surface area contributed by atoms with Crippen LogP contribution in [0.1, 0.15) is 58.7 Å². The van der Waals surface area contributed by atoms with Gasteiger partial charge in [0.05, 0.1) is 5.56 Å². The molecule has 1 unspecified atom stereocenters.